The Morgan fingerprint density at radius 2 is 2.14 bits per heavy atom. The molecule has 0 spiro atoms. The van der Waals surface area contributed by atoms with Crippen LogP contribution in [0.5, 0.6) is 5.75 Å². The van der Waals surface area contributed by atoms with Crippen LogP contribution in [0, 0.1) is 12.8 Å². The molecule has 1 fully saturated rings. The number of aliphatic hydroxyl groups excluding tert-OH is 1. The maximum absolute atomic E-state index is 9.99. The van der Waals surface area contributed by atoms with E-state index in [-0.39, 0.29) is 6.61 Å². The summed E-state index contributed by atoms with van der Waals surface area (Å²) in [7, 11) is 1.80. The lowest BCUT2D eigenvalue weighted by atomic mass is 9.97. The molecule has 1 unspecified atom stereocenters. The lowest BCUT2D eigenvalue weighted by molar-refractivity contribution is 0.108. The highest BCUT2D eigenvalue weighted by Gasteiger charge is 2.21. The molecule has 8 heteroatoms. The molecule has 0 aliphatic carbocycles. The molecule has 2 atom stereocenters. The Labute approximate surface area is 205 Å². The third-order valence-corrected chi connectivity index (χ3v) is 6.39. The molecule has 4 heterocycles. The topological polar surface area (TPSA) is 93.8 Å². The maximum atomic E-state index is 9.99. The van der Waals surface area contributed by atoms with E-state index in [1.807, 2.05) is 40.9 Å². The molecule has 182 valence electrons. The third-order valence-electron chi connectivity index (χ3n) is 6.39. The van der Waals surface area contributed by atoms with Gasteiger partial charge in [-0.1, -0.05) is 12.1 Å². The van der Waals surface area contributed by atoms with Crippen molar-refractivity contribution in [1.29, 1.82) is 0 Å². The average Bonchev–Trinajstić information content (AvgIpc) is 3.56. The van der Waals surface area contributed by atoms with Gasteiger partial charge in [0.05, 0.1) is 5.69 Å². The van der Waals surface area contributed by atoms with Crippen molar-refractivity contribution < 1.29 is 14.6 Å². The molecule has 2 N–H and O–H groups in total. The van der Waals surface area contributed by atoms with Gasteiger partial charge in [-0.25, -0.2) is 15.0 Å². The number of fused-ring (bicyclic) bond motifs is 1. The number of imidazole rings is 1. The Morgan fingerprint density at radius 1 is 1.23 bits per heavy atom. The molecule has 0 amide bonds. The Morgan fingerprint density at radius 3 is 2.97 bits per heavy atom. The summed E-state index contributed by atoms with van der Waals surface area (Å²) >= 11 is 0. The number of likely N-dealkylation sites (N-methyl/N-ethyl adjacent to an activating group) is 1. The molecule has 1 aliphatic heterocycles. The van der Waals surface area contributed by atoms with E-state index in [9.17, 15) is 5.11 Å². The van der Waals surface area contributed by atoms with Crippen LogP contribution in [-0.4, -0.2) is 64.0 Å². The van der Waals surface area contributed by atoms with E-state index < -0.39 is 6.10 Å². The molecule has 0 bridgehead atoms. The predicted octanol–water partition coefficient (Wildman–Crippen LogP) is 3.30. The fourth-order valence-corrected chi connectivity index (χ4v) is 4.46. The van der Waals surface area contributed by atoms with Crippen molar-refractivity contribution >= 4 is 5.65 Å². The number of nitrogens with one attached hydrogen (secondary N) is 1. The average molecular weight is 474 g/mol. The predicted molar refractivity (Wildman–Crippen MR) is 134 cm³/mol. The van der Waals surface area contributed by atoms with Gasteiger partial charge in [-0.05, 0) is 62.6 Å². The highest BCUT2D eigenvalue weighted by molar-refractivity contribution is 5.69. The normalized spacial score (nSPS) is 16.6. The van der Waals surface area contributed by atoms with Crippen LogP contribution in [0.3, 0.4) is 0 Å². The Balaban J connectivity index is 1.52. The van der Waals surface area contributed by atoms with Gasteiger partial charge < -0.3 is 24.3 Å². The molecule has 1 aromatic carbocycles. The molecular weight excluding hydrogens is 442 g/mol. The van der Waals surface area contributed by atoms with Crippen molar-refractivity contribution in [2.45, 2.75) is 25.9 Å². The Hall–Kier alpha value is -3.33. The molecule has 3 aromatic heterocycles. The largest absolute Gasteiger partial charge is 0.491 e. The summed E-state index contributed by atoms with van der Waals surface area (Å²) < 4.78 is 13.5. The second kappa shape index (κ2) is 10.5. The summed E-state index contributed by atoms with van der Waals surface area (Å²) in [5, 5.41) is 12.9. The summed E-state index contributed by atoms with van der Waals surface area (Å²) in [4.78, 5) is 14.4. The summed E-state index contributed by atoms with van der Waals surface area (Å²) in [6, 6.07) is 11.8. The van der Waals surface area contributed by atoms with E-state index in [1.165, 1.54) is 0 Å². The standard InChI is InChI=1S/C27H31N5O3/c1-18-24(12-19-8-11-34-16-19)30-27(20-4-3-5-23(13-20)35-17-22(33)14-28-2)31-26(18)21-6-7-25-29-9-10-32(25)15-21/h3-7,9-10,13,15,19,22,28,33H,8,11-12,14,16-17H2,1-2H3/t19-,22?/m0/s1. The van der Waals surface area contributed by atoms with Crippen molar-refractivity contribution in [2.75, 3.05) is 33.4 Å². The van der Waals surface area contributed by atoms with Crippen LogP contribution in [0.2, 0.25) is 0 Å². The lowest BCUT2D eigenvalue weighted by Crippen LogP contribution is -2.29. The van der Waals surface area contributed by atoms with Crippen molar-refractivity contribution in [3.63, 3.8) is 0 Å². The number of rotatable bonds is 9. The zero-order valence-corrected chi connectivity index (χ0v) is 20.1. The van der Waals surface area contributed by atoms with Crippen LogP contribution in [0.25, 0.3) is 28.3 Å². The number of pyridine rings is 1. The molecule has 4 aromatic rings. The van der Waals surface area contributed by atoms with E-state index >= 15 is 0 Å². The number of benzene rings is 1. The second-order valence-electron chi connectivity index (χ2n) is 9.06. The molecule has 8 nitrogen and oxygen atoms in total. The van der Waals surface area contributed by atoms with Crippen LogP contribution >= 0.6 is 0 Å². The smallest absolute Gasteiger partial charge is 0.160 e. The first-order valence-electron chi connectivity index (χ1n) is 12.0. The van der Waals surface area contributed by atoms with Gasteiger partial charge in [0, 0.05) is 55.2 Å². The quantitative estimate of drug-likeness (QED) is 0.385. The Bertz CT molecular complexity index is 1300. The molecule has 1 aliphatic rings. The highest BCUT2D eigenvalue weighted by Crippen LogP contribution is 2.30. The summed E-state index contributed by atoms with van der Waals surface area (Å²) in [5.41, 5.74) is 5.83. The molecule has 35 heavy (non-hydrogen) atoms. The fourth-order valence-electron chi connectivity index (χ4n) is 4.46. The van der Waals surface area contributed by atoms with Crippen molar-refractivity contribution in [1.82, 2.24) is 24.7 Å². The number of aromatic nitrogens is 4. The van der Waals surface area contributed by atoms with E-state index in [4.69, 9.17) is 19.4 Å². The fraction of sp³-hybridized carbons (Fsp3) is 0.370. The SMILES string of the molecule is CNCC(O)COc1cccc(-c2nc(C[C@@H]3CCOC3)c(C)c(-c3ccc4nccn4c3)n2)c1. The number of nitrogens with zero attached hydrogens (tertiary/aromatic N) is 4. The van der Waals surface area contributed by atoms with E-state index in [1.54, 1.807) is 13.2 Å². The minimum atomic E-state index is -0.579. The lowest BCUT2D eigenvalue weighted by Gasteiger charge is -2.16. The monoisotopic (exact) mass is 473 g/mol. The molecular formula is C27H31N5O3. The van der Waals surface area contributed by atoms with Gasteiger partial charge in [0.1, 0.15) is 24.1 Å². The van der Waals surface area contributed by atoms with Crippen LogP contribution in [0.1, 0.15) is 17.7 Å². The number of ether oxygens (including phenoxy) is 2. The zero-order valence-electron chi connectivity index (χ0n) is 20.1. The van der Waals surface area contributed by atoms with Gasteiger partial charge in [-0.15, -0.1) is 0 Å². The summed E-state index contributed by atoms with van der Waals surface area (Å²) in [6.07, 6.45) is 7.12. The first-order valence-corrected chi connectivity index (χ1v) is 12.0. The van der Waals surface area contributed by atoms with E-state index in [2.05, 4.69) is 29.5 Å². The second-order valence-corrected chi connectivity index (χ2v) is 9.06. The van der Waals surface area contributed by atoms with Crippen molar-refractivity contribution in [3.8, 4) is 28.4 Å². The molecule has 5 rings (SSSR count). The van der Waals surface area contributed by atoms with Gasteiger partial charge in [0.15, 0.2) is 5.82 Å². The number of hydrogen-bond acceptors (Lipinski definition) is 7. The number of hydrogen-bond donors (Lipinski definition) is 2. The van der Waals surface area contributed by atoms with E-state index in [0.29, 0.717) is 24.0 Å². The first kappa shape index (κ1) is 23.4. The van der Waals surface area contributed by atoms with Crippen molar-refractivity contribution in [3.05, 3.63) is 66.2 Å². The summed E-state index contributed by atoms with van der Waals surface area (Å²) in [5.74, 6) is 1.80. The highest BCUT2D eigenvalue weighted by atomic mass is 16.5. The van der Waals surface area contributed by atoms with Gasteiger partial charge in [0.2, 0.25) is 0 Å². The van der Waals surface area contributed by atoms with Gasteiger partial charge in [-0.2, -0.15) is 0 Å². The third kappa shape index (κ3) is 5.35. The maximum Gasteiger partial charge on any atom is 0.160 e. The van der Waals surface area contributed by atoms with Gasteiger partial charge in [-0.3, -0.25) is 0 Å². The molecule has 0 saturated carbocycles. The molecule has 1 saturated heterocycles. The molecule has 0 radical (unpaired) electrons. The van der Waals surface area contributed by atoms with Gasteiger partial charge >= 0.3 is 0 Å². The van der Waals surface area contributed by atoms with Crippen molar-refractivity contribution in [2.24, 2.45) is 5.92 Å². The van der Waals surface area contributed by atoms with Crippen LogP contribution in [0.4, 0.5) is 0 Å². The zero-order chi connectivity index (χ0) is 24.2. The Kier molecular flexibility index (Phi) is 7.03. The van der Waals surface area contributed by atoms with E-state index in [0.717, 1.165) is 59.8 Å². The first-order chi connectivity index (χ1) is 17.1. The van der Waals surface area contributed by atoms with Crippen LogP contribution in [-0.2, 0) is 11.2 Å². The van der Waals surface area contributed by atoms with Crippen LogP contribution < -0.4 is 10.1 Å². The van der Waals surface area contributed by atoms with Crippen LogP contribution in [0.15, 0.2) is 55.0 Å². The number of aliphatic hydroxyl groups is 1. The minimum absolute atomic E-state index is 0.210. The minimum Gasteiger partial charge on any atom is -0.491 e. The van der Waals surface area contributed by atoms with Gasteiger partial charge in [0.25, 0.3) is 0 Å². The summed E-state index contributed by atoms with van der Waals surface area (Å²) in [6.45, 7) is 4.37.